The Bertz CT molecular complexity index is 390. The Hall–Kier alpha value is -1.79. The van der Waals surface area contributed by atoms with Gasteiger partial charge in [-0.05, 0) is 19.8 Å². The molecule has 2 aliphatic rings. The molecule has 2 fully saturated rings. The Morgan fingerprint density at radius 1 is 1.32 bits per heavy atom. The molecule has 2 heterocycles. The second-order valence-electron chi connectivity index (χ2n) is 5.04. The molecule has 2 aliphatic heterocycles. The normalized spacial score (nSPS) is 22.3. The number of hydrogen-bond acceptors (Lipinski definition) is 3. The maximum absolute atomic E-state index is 11.9. The molecule has 19 heavy (non-hydrogen) atoms. The van der Waals surface area contributed by atoms with Crippen molar-refractivity contribution in [2.24, 2.45) is 5.92 Å². The zero-order chi connectivity index (χ0) is 14.0. The fourth-order valence-corrected chi connectivity index (χ4v) is 2.61. The highest BCUT2D eigenvalue weighted by Gasteiger charge is 2.34. The second kappa shape index (κ2) is 5.46. The maximum atomic E-state index is 11.9. The lowest BCUT2D eigenvalue weighted by Gasteiger charge is -2.36. The summed E-state index contributed by atoms with van der Waals surface area (Å²) < 4.78 is 0. The molecule has 0 aromatic heterocycles. The molecule has 1 atom stereocenters. The van der Waals surface area contributed by atoms with Gasteiger partial charge < -0.3 is 20.2 Å². The van der Waals surface area contributed by atoms with E-state index in [-0.39, 0.29) is 18.0 Å². The first-order valence-electron chi connectivity index (χ1n) is 6.56. The van der Waals surface area contributed by atoms with Crippen molar-refractivity contribution in [1.82, 2.24) is 15.1 Å². The number of carbonyl (C=O) groups excluding carboxylic acids is 2. The van der Waals surface area contributed by atoms with Crippen LogP contribution in [-0.2, 0) is 9.59 Å². The summed E-state index contributed by atoms with van der Waals surface area (Å²) in [6.07, 6.45) is 1.43. The number of nitrogens with zero attached hydrogens (tertiary/aromatic N) is 2. The summed E-state index contributed by atoms with van der Waals surface area (Å²) in [5.41, 5.74) is 0. The van der Waals surface area contributed by atoms with E-state index in [9.17, 15) is 14.4 Å². The minimum Gasteiger partial charge on any atom is -0.481 e. The molecule has 106 valence electrons. The lowest BCUT2D eigenvalue weighted by Crippen LogP contribution is -2.49. The smallest absolute Gasteiger partial charge is 0.317 e. The Morgan fingerprint density at radius 2 is 1.95 bits per heavy atom. The number of piperidine rings is 1. The third-order valence-corrected chi connectivity index (χ3v) is 3.85. The van der Waals surface area contributed by atoms with Crippen molar-refractivity contribution in [3.05, 3.63) is 0 Å². The van der Waals surface area contributed by atoms with Gasteiger partial charge in [-0.3, -0.25) is 9.59 Å². The average molecular weight is 269 g/mol. The van der Waals surface area contributed by atoms with Crippen LogP contribution in [0.2, 0.25) is 0 Å². The Morgan fingerprint density at radius 3 is 2.42 bits per heavy atom. The summed E-state index contributed by atoms with van der Waals surface area (Å²) >= 11 is 0. The van der Waals surface area contributed by atoms with Crippen LogP contribution < -0.4 is 5.32 Å². The van der Waals surface area contributed by atoms with Crippen molar-refractivity contribution in [2.45, 2.75) is 25.8 Å². The third kappa shape index (κ3) is 2.80. The maximum Gasteiger partial charge on any atom is 0.317 e. The molecule has 2 rings (SSSR count). The SMILES string of the molecule is CC(C(=O)O)C(=O)N1CCC(N2CCNC2=O)CC1. The Labute approximate surface area is 111 Å². The fraction of sp³-hybridized carbons (Fsp3) is 0.750. The molecule has 0 spiro atoms. The van der Waals surface area contributed by atoms with E-state index >= 15 is 0 Å². The highest BCUT2D eigenvalue weighted by Crippen LogP contribution is 2.19. The molecule has 0 aromatic carbocycles. The van der Waals surface area contributed by atoms with Crippen LogP contribution in [0.5, 0.6) is 0 Å². The van der Waals surface area contributed by atoms with Crippen molar-refractivity contribution >= 4 is 17.9 Å². The number of carbonyl (C=O) groups is 3. The number of urea groups is 1. The van der Waals surface area contributed by atoms with Crippen LogP contribution in [-0.4, -0.2) is 65.0 Å². The van der Waals surface area contributed by atoms with E-state index in [4.69, 9.17) is 5.11 Å². The van der Waals surface area contributed by atoms with E-state index in [2.05, 4.69) is 5.32 Å². The first kappa shape index (κ1) is 13.6. The van der Waals surface area contributed by atoms with Crippen molar-refractivity contribution in [3.8, 4) is 0 Å². The van der Waals surface area contributed by atoms with Gasteiger partial charge in [0.1, 0.15) is 5.92 Å². The van der Waals surface area contributed by atoms with Crippen molar-refractivity contribution in [3.63, 3.8) is 0 Å². The van der Waals surface area contributed by atoms with Gasteiger partial charge in [0.25, 0.3) is 0 Å². The van der Waals surface area contributed by atoms with Gasteiger partial charge in [-0.2, -0.15) is 0 Å². The van der Waals surface area contributed by atoms with Gasteiger partial charge in [0.2, 0.25) is 5.91 Å². The number of carboxylic acids is 1. The molecule has 7 heteroatoms. The summed E-state index contributed by atoms with van der Waals surface area (Å²) in [4.78, 5) is 37.6. The molecule has 0 bridgehead atoms. The number of nitrogens with one attached hydrogen (secondary N) is 1. The Kier molecular flexibility index (Phi) is 3.92. The molecule has 2 saturated heterocycles. The van der Waals surface area contributed by atoms with Gasteiger partial charge in [-0.25, -0.2) is 4.79 Å². The molecule has 0 aromatic rings. The van der Waals surface area contributed by atoms with Crippen molar-refractivity contribution < 1.29 is 19.5 Å². The molecule has 0 radical (unpaired) electrons. The molecule has 1 unspecified atom stereocenters. The predicted molar refractivity (Wildman–Crippen MR) is 66.5 cm³/mol. The zero-order valence-corrected chi connectivity index (χ0v) is 11.0. The van der Waals surface area contributed by atoms with Gasteiger partial charge in [0.15, 0.2) is 0 Å². The van der Waals surface area contributed by atoms with E-state index in [1.165, 1.54) is 6.92 Å². The monoisotopic (exact) mass is 269 g/mol. The number of carboxylic acid groups (broad SMARTS) is 1. The summed E-state index contributed by atoms with van der Waals surface area (Å²) in [6, 6.07) is 0.121. The molecular weight excluding hydrogens is 250 g/mol. The summed E-state index contributed by atoms with van der Waals surface area (Å²) in [5.74, 6) is -2.42. The number of amides is 3. The first-order chi connectivity index (χ1) is 9.00. The summed E-state index contributed by atoms with van der Waals surface area (Å²) in [5, 5.41) is 11.6. The average Bonchev–Trinajstić information content (AvgIpc) is 2.83. The fourth-order valence-electron chi connectivity index (χ4n) is 2.61. The van der Waals surface area contributed by atoms with Gasteiger partial charge in [-0.1, -0.05) is 0 Å². The van der Waals surface area contributed by atoms with Crippen LogP contribution in [0.3, 0.4) is 0 Å². The van der Waals surface area contributed by atoms with Gasteiger partial charge in [0.05, 0.1) is 0 Å². The summed E-state index contributed by atoms with van der Waals surface area (Å²) in [7, 11) is 0. The topological polar surface area (TPSA) is 89.9 Å². The third-order valence-electron chi connectivity index (χ3n) is 3.85. The standard InChI is InChI=1S/C12H19N3O4/c1-8(11(17)18)10(16)14-5-2-9(3-6-14)15-7-4-13-12(15)19/h8-9H,2-7H2,1H3,(H,13,19)(H,17,18). The van der Waals surface area contributed by atoms with Crippen molar-refractivity contribution in [2.75, 3.05) is 26.2 Å². The lowest BCUT2D eigenvalue weighted by atomic mass is 10.0. The molecular formula is C12H19N3O4. The molecule has 0 aliphatic carbocycles. The van der Waals surface area contributed by atoms with Crippen LogP contribution in [0.25, 0.3) is 0 Å². The molecule has 7 nitrogen and oxygen atoms in total. The van der Waals surface area contributed by atoms with Crippen molar-refractivity contribution in [1.29, 1.82) is 0 Å². The highest BCUT2D eigenvalue weighted by molar-refractivity contribution is 5.96. The number of rotatable bonds is 3. The van der Waals surface area contributed by atoms with E-state index in [1.54, 1.807) is 4.90 Å². The van der Waals surface area contributed by atoms with Crippen LogP contribution >= 0.6 is 0 Å². The number of hydrogen-bond donors (Lipinski definition) is 2. The van der Waals surface area contributed by atoms with E-state index < -0.39 is 11.9 Å². The van der Waals surface area contributed by atoms with Gasteiger partial charge in [0, 0.05) is 32.2 Å². The minimum atomic E-state index is -1.09. The largest absolute Gasteiger partial charge is 0.481 e. The van der Waals surface area contributed by atoms with Gasteiger partial charge >= 0.3 is 12.0 Å². The summed E-state index contributed by atoms with van der Waals surface area (Å²) in [6.45, 7) is 3.83. The first-order valence-corrected chi connectivity index (χ1v) is 6.56. The molecule has 2 N–H and O–H groups in total. The van der Waals surface area contributed by atoms with E-state index in [1.807, 2.05) is 4.90 Å². The van der Waals surface area contributed by atoms with Crippen LogP contribution in [0.4, 0.5) is 4.79 Å². The minimum absolute atomic E-state index is 0.0383. The predicted octanol–water partition coefficient (Wildman–Crippen LogP) is -0.277. The van der Waals surface area contributed by atoms with Crippen LogP contribution in [0.15, 0.2) is 0 Å². The quantitative estimate of drug-likeness (QED) is 0.690. The molecule has 3 amide bonds. The second-order valence-corrected chi connectivity index (χ2v) is 5.04. The number of aliphatic carboxylic acids is 1. The highest BCUT2D eigenvalue weighted by atomic mass is 16.4. The lowest BCUT2D eigenvalue weighted by molar-refractivity contribution is -0.150. The molecule has 0 saturated carbocycles. The van der Waals surface area contributed by atoms with Gasteiger partial charge in [-0.15, -0.1) is 0 Å². The number of likely N-dealkylation sites (tertiary alicyclic amines) is 1. The van der Waals surface area contributed by atoms with E-state index in [0.717, 1.165) is 0 Å². The van der Waals surface area contributed by atoms with E-state index in [0.29, 0.717) is 39.0 Å². The zero-order valence-electron chi connectivity index (χ0n) is 11.0. The van der Waals surface area contributed by atoms with Crippen LogP contribution in [0.1, 0.15) is 19.8 Å². The Balaban J connectivity index is 1.87. The van der Waals surface area contributed by atoms with Crippen LogP contribution in [0, 0.1) is 5.92 Å².